The molecule has 0 radical (unpaired) electrons. The van der Waals surface area contributed by atoms with Crippen molar-refractivity contribution >= 4 is 38.8 Å². The minimum atomic E-state index is -0.392. The van der Waals surface area contributed by atoms with Crippen molar-refractivity contribution in [1.29, 1.82) is 0 Å². The highest BCUT2D eigenvalue weighted by Gasteiger charge is 2.17. The van der Waals surface area contributed by atoms with Gasteiger partial charge in [-0.1, -0.05) is 0 Å². The molecule has 4 rings (SSSR count). The first-order valence-electron chi connectivity index (χ1n) is 7.93. The minimum absolute atomic E-state index is 0.126. The summed E-state index contributed by atoms with van der Waals surface area (Å²) in [5, 5.41) is 7.14. The fraction of sp³-hybridized carbons (Fsp3) is 0.222. The average molecular weight is 355 g/mol. The molecule has 6 nitrogen and oxygen atoms in total. The first-order valence-corrected chi connectivity index (χ1v) is 8.74. The van der Waals surface area contributed by atoms with E-state index in [1.807, 2.05) is 32.0 Å². The molecule has 0 saturated carbocycles. The van der Waals surface area contributed by atoms with E-state index in [0.29, 0.717) is 17.2 Å². The third-order valence-electron chi connectivity index (χ3n) is 3.91. The van der Waals surface area contributed by atoms with Crippen LogP contribution in [0.2, 0.25) is 0 Å². The summed E-state index contributed by atoms with van der Waals surface area (Å²) in [7, 11) is 0. The highest BCUT2D eigenvalue weighted by atomic mass is 32.1. The number of thiazole rings is 1. The summed E-state index contributed by atoms with van der Waals surface area (Å²) in [6, 6.07) is 10.9. The number of benzene rings is 2. The number of aryl methyl sites for hydroxylation is 1. The van der Waals surface area contributed by atoms with Gasteiger partial charge in [-0.15, -0.1) is 11.3 Å². The van der Waals surface area contributed by atoms with E-state index < -0.39 is 6.04 Å². The van der Waals surface area contributed by atoms with Gasteiger partial charge < -0.3 is 20.1 Å². The Hall–Kier alpha value is -2.80. The molecule has 1 aliphatic rings. The standard InChI is InChI=1S/C18H17N3O3S/c1-10(19-13-3-5-14-17(8-13)25-11(2)20-14)18(22)21-12-4-6-15-16(7-12)24-9-23-15/h3-8,10,19H,9H2,1-2H3,(H,21,22)/t10-/m1/s1. The lowest BCUT2D eigenvalue weighted by Crippen LogP contribution is -2.31. The second kappa shape index (κ2) is 6.25. The lowest BCUT2D eigenvalue weighted by molar-refractivity contribution is -0.116. The summed E-state index contributed by atoms with van der Waals surface area (Å²) in [4.78, 5) is 16.9. The smallest absolute Gasteiger partial charge is 0.246 e. The van der Waals surface area contributed by atoms with E-state index in [2.05, 4.69) is 15.6 Å². The molecule has 1 atom stereocenters. The SMILES string of the molecule is Cc1nc2ccc(N[C@H](C)C(=O)Nc3ccc4c(c3)OCO4)cc2s1. The molecule has 0 aliphatic carbocycles. The van der Waals surface area contributed by atoms with Gasteiger partial charge in [0.25, 0.3) is 0 Å². The molecule has 0 bridgehead atoms. The Morgan fingerprint density at radius 1 is 1.16 bits per heavy atom. The Bertz CT molecular complexity index is 954. The third kappa shape index (κ3) is 3.23. The van der Waals surface area contributed by atoms with Gasteiger partial charge in [0.1, 0.15) is 6.04 Å². The number of hydrogen-bond acceptors (Lipinski definition) is 6. The molecule has 2 heterocycles. The number of ether oxygens (including phenoxy) is 2. The van der Waals surface area contributed by atoms with E-state index in [-0.39, 0.29) is 12.7 Å². The fourth-order valence-corrected chi connectivity index (χ4v) is 3.54. The maximum Gasteiger partial charge on any atom is 0.246 e. The lowest BCUT2D eigenvalue weighted by atomic mass is 10.2. The van der Waals surface area contributed by atoms with Crippen LogP contribution >= 0.6 is 11.3 Å². The van der Waals surface area contributed by atoms with Gasteiger partial charge in [-0.3, -0.25) is 4.79 Å². The quantitative estimate of drug-likeness (QED) is 0.745. The molecule has 25 heavy (non-hydrogen) atoms. The van der Waals surface area contributed by atoms with Crippen LogP contribution in [0.4, 0.5) is 11.4 Å². The van der Waals surface area contributed by atoms with Gasteiger partial charge in [0, 0.05) is 17.4 Å². The molecule has 1 amide bonds. The van der Waals surface area contributed by atoms with Crippen LogP contribution in [0.15, 0.2) is 36.4 Å². The normalized spacial score (nSPS) is 13.7. The van der Waals surface area contributed by atoms with Crippen LogP contribution in [-0.2, 0) is 4.79 Å². The van der Waals surface area contributed by atoms with Crippen LogP contribution < -0.4 is 20.1 Å². The Morgan fingerprint density at radius 2 is 1.96 bits per heavy atom. The molecular formula is C18H17N3O3S. The van der Waals surface area contributed by atoms with Crippen LogP contribution in [0, 0.1) is 6.92 Å². The Morgan fingerprint density at radius 3 is 2.84 bits per heavy atom. The summed E-state index contributed by atoms with van der Waals surface area (Å²) in [5.41, 5.74) is 2.55. The number of aromatic nitrogens is 1. The molecule has 7 heteroatoms. The molecule has 1 aromatic heterocycles. The first-order chi connectivity index (χ1) is 12.1. The second-order valence-electron chi connectivity index (χ2n) is 5.84. The van der Waals surface area contributed by atoms with Crippen molar-refractivity contribution in [3.63, 3.8) is 0 Å². The zero-order chi connectivity index (χ0) is 17.4. The summed E-state index contributed by atoms with van der Waals surface area (Å²) < 4.78 is 11.7. The van der Waals surface area contributed by atoms with Crippen molar-refractivity contribution in [2.24, 2.45) is 0 Å². The van der Waals surface area contributed by atoms with E-state index in [1.54, 1.807) is 29.5 Å². The van der Waals surface area contributed by atoms with Gasteiger partial charge in [0.05, 0.1) is 15.2 Å². The molecule has 0 unspecified atom stereocenters. The number of carbonyl (C=O) groups excluding carboxylic acids is 1. The van der Waals surface area contributed by atoms with E-state index in [0.717, 1.165) is 20.9 Å². The Kier molecular flexibility index (Phi) is 3.93. The largest absolute Gasteiger partial charge is 0.454 e. The van der Waals surface area contributed by atoms with Crippen LogP contribution in [0.3, 0.4) is 0 Å². The van der Waals surface area contributed by atoms with Gasteiger partial charge >= 0.3 is 0 Å². The third-order valence-corrected chi connectivity index (χ3v) is 4.85. The summed E-state index contributed by atoms with van der Waals surface area (Å²) in [6.07, 6.45) is 0. The van der Waals surface area contributed by atoms with Crippen molar-refractivity contribution in [2.75, 3.05) is 17.4 Å². The lowest BCUT2D eigenvalue weighted by Gasteiger charge is -2.15. The van der Waals surface area contributed by atoms with Crippen molar-refractivity contribution < 1.29 is 14.3 Å². The molecule has 128 valence electrons. The molecule has 0 spiro atoms. The molecule has 0 saturated heterocycles. The zero-order valence-corrected chi connectivity index (χ0v) is 14.6. The van der Waals surface area contributed by atoms with Crippen LogP contribution in [0.5, 0.6) is 11.5 Å². The van der Waals surface area contributed by atoms with Crippen molar-refractivity contribution in [1.82, 2.24) is 4.98 Å². The van der Waals surface area contributed by atoms with Crippen LogP contribution in [0.1, 0.15) is 11.9 Å². The minimum Gasteiger partial charge on any atom is -0.454 e. The van der Waals surface area contributed by atoms with Crippen molar-refractivity contribution in [3.8, 4) is 11.5 Å². The maximum atomic E-state index is 12.4. The number of nitrogens with one attached hydrogen (secondary N) is 2. The van der Waals surface area contributed by atoms with E-state index >= 15 is 0 Å². The van der Waals surface area contributed by atoms with E-state index in [4.69, 9.17) is 9.47 Å². The first kappa shape index (κ1) is 15.7. The number of fused-ring (bicyclic) bond motifs is 2. The number of amides is 1. The van der Waals surface area contributed by atoms with E-state index in [1.165, 1.54) is 0 Å². The number of rotatable bonds is 4. The molecule has 0 fully saturated rings. The summed E-state index contributed by atoms with van der Waals surface area (Å²) in [5.74, 6) is 1.21. The van der Waals surface area contributed by atoms with Gasteiger partial charge in [-0.25, -0.2) is 4.98 Å². The zero-order valence-electron chi connectivity index (χ0n) is 13.8. The summed E-state index contributed by atoms with van der Waals surface area (Å²) >= 11 is 1.64. The topological polar surface area (TPSA) is 72.5 Å². The van der Waals surface area contributed by atoms with Crippen LogP contribution in [0.25, 0.3) is 10.2 Å². The molecule has 2 N–H and O–H groups in total. The average Bonchev–Trinajstić information content (AvgIpc) is 3.19. The number of hydrogen-bond donors (Lipinski definition) is 2. The number of carbonyl (C=O) groups is 1. The Balaban J connectivity index is 1.44. The van der Waals surface area contributed by atoms with Gasteiger partial charge in [-0.2, -0.15) is 0 Å². The summed E-state index contributed by atoms with van der Waals surface area (Å²) in [6.45, 7) is 4.02. The number of anilines is 2. The van der Waals surface area contributed by atoms with Gasteiger partial charge in [-0.05, 0) is 44.2 Å². The predicted molar refractivity (Wildman–Crippen MR) is 98.6 cm³/mol. The molecule has 3 aromatic rings. The highest BCUT2D eigenvalue weighted by Crippen LogP contribution is 2.34. The second-order valence-corrected chi connectivity index (χ2v) is 7.07. The monoisotopic (exact) mass is 355 g/mol. The number of nitrogens with zero attached hydrogens (tertiary/aromatic N) is 1. The predicted octanol–water partition coefficient (Wildman–Crippen LogP) is 3.77. The highest BCUT2D eigenvalue weighted by molar-refractivity contribution is 7.18. The molecule has 2 aromatic carbocycles. The van der Waals surface area contributed by atoms with Crippen LogP contribution in [-0.4, -0.2) is 23.7 Å². The van der Waals surface area contributed by atoms with Gasteiger partial charge in [0.2, 0.25) is 12.7 Å². The Labute approximate surface area is 148 Å². The van der Waals surface area contributed by atoms with Crippen molar-refractivity contribution in [3.05, 3.63) is 41.4 Å². The maximum absolute atomic E-state index is 12.4. The van der Waals surface area contributed by atoms with Gasteiger partial charge in [0.15, 0.2) is 11.5 Å². The fourth-order valence-electron chi connectivity index (χ4n) is 2.67. The molecular weight excluding hydrogens is 338 g/mol. The van der Waals surface area contributed by atoms with E-state index in [9.17, 15) is 4.79 Å². The van der Waals surface area contributed by atoms with Crippen molar-refractivity contribution in [2.45, 2.75) is 19.9 Å². The molecule has 1 aliphatic heterocycles.